The molecule has 6 heteroatoms. The second-order valence-electron chi connectivity index (χ2n) is 2.86. The Morgan fingerprint density at radius 3 is 3.07 bits per heavy atom. The molecule has 0 radical (unpaired) electrons. The van der Waals surface area contributed by atoms with Crippen LogP contribution >= 0.6 is 0 Å². The minimum absolute atomic E-state index is 0.506. The van der Waals surface area contributed by atoms with Gasteiger partial charge in [0.05, 0.1) is 6.61 Å². The molecular weight excluding hydrogens is 214 g/mol. The highest BCUT2D eigenvalue weighted by Crippen LogP contribution is 2.07. The van der Waals surface area contributed by atoms with Gasteiger partial charge < -0.3 is 10.1 Å². The van der Waals surface area contributed by atoms with Crippen LogP contribution < -0.4 is 10.1 Å². The summed E-state index contributed by atoms with van der Waals surface area (Å²) in [6.45, 7) is 3.07. The van der Waals surface area contributed by atoms with Crippen LogP contribution in [0.5, 0.6) is 5.88 Å². The first kappa shape index (κ1) is 11.9. The number of nitrogens with one attached hydrogen (secondary N) is 1. The predicted molar refractivity (Wildman–Crippen MR) is 60.6 cm³/mol. The molecule has 0 aliphatic carbocycles. The van der Waals surface area contributed by atoms with Gasteiger partial charge in [-0.2, -0.15) is 4.98 Å². The Hall–Kier alpha value is -1.17. The van der Waals surface area contributed by atoms with Crippen molar-refractivity contribution in [3.05, 3.63) is 12.3 Å². The van der Waals surface area contributed by atoms with Crippen molar-refractivity contribution in [3.8, 4) is 5.88 Å². The van der Waals surface area contributed by atoms with Gasteiger partial charge in [-0.15, -0.1) is 0 Å². The predicted octanol–water partition coefficient (Wildman–Crippen LogP) is 0.666. The molecule has 1 N–H and O–H groups in total. The summed E-state index contributed by atoms with van der Waals surface area (Å²) < 4.78 is 16.0. The maximum Gasteiger partial charge on any atom is 0.225 e. The van der Waals surface area contributed by atoms with Crippen molar-refractivity contribution in [3.63, 3.8) is 0 Å². The quantitative estimate of drug-likeness (QED) is 0.776. The van der Waals surface area contributed by atoms with Gasteiger partial charge in [0.15, 0.2) is 0 Å². The first-order valence-corrected chi connectivity index (χ1v) is 6.45. The minimum atomic E-state index is -0.797. The number of hydrogen-bond acceptors (Lipinski definition) is 5. The molecule has 1 atom stereocenters. The molecule has 0 amide bonds. The van der Waals surface area contributed by atoms with Crippen LogP contribution in [0.1, 0.15) is 6.92 Å². The third-order valence-corrected chi connectivity index (χ3v) is 2.37. The van der Waals surface area contributed by atoms with Gasteiger partial charge in [0.25, 0.3) is 0 Å². The fourth-order valence-corrected chi connectivity index (χ4v) is 1.35. The fourth-order valence-electron chi connectivity index (χ4n) is 0.962. The second kappa shape index (κ2) is 6.34. The van der Waals surface area contributed by atoms with Crippen LogP contribution in [0.25, 0.3) is 0 Å². The molecule has 15 heavy (non-hydrogen) atoms. The van der Waals surface area contributed by atoms with Crippen molar-refractivity contribution in [2.45, 2.75) is 6.92 Å². The first-order valence-electron chi connectivity index (χ1n) is 4.72. The molecule has 1 heterocycles. The molecule has 0 spiro atoms. The van der Waals surface area contributed by atoms with E-state index in [1.165, 1.54) is 0 Å². The van der Waals surface area contributed by atoms with Crippen molar-refractivity contribution in [1.82, 2.24) is 9.97 Å². The molecular formula is C9H15N3O2S. The highest BCUT2D eigenvalue weighted by Gasteiger charge is 1.99. The van der Waals surface area contributed by atoms with Crippen LogP contribution in [0, 0.1) is 0 Å². The van der Waals surface area contributed by atoms with E-state index in [4.69, 9.17) is 4.74 Å². The lowest BCUT2D eigenvalue weighted by Crippen LogP contribution is -2.12. The Balaban J connectivity index is 2.46. The van der Waals surface area contributed by atoms with Gasteiger partial charge in [-0.3, -0.25) is 4.21 Å². The van der Waals surface area contributed by atoms with E-state index in [0.29, 0.717) is 30.7 Å². The molecule has 1 aromatic rings. The summed E-state index contributed by atoms with van der Waals surface area (Å²) in [5.41, 5.74) is 0. The smallest absolute Gasteiger partial charge is 0.225 e. The van der Waals surface area contributed by atoms with Crippen molar-refractivity contribution in [1.29, 1.82) is 0 Å². The maximum absolute atomic E-state index is 10.8. The van der Waals surface area contributed by atoms with Crippen molar-refractivity contribution >= 4 is 16.7 Å². The normalized spacial score (nSPS) is 12.1. The summed E-state index contributed by atoms with van der Waals surface area (Å²) in [5, 5.41) is 2.98. The largest absolute Gasteiger partial charge is 0.478 e. The molecule has 0 saturated carbocycles. The van der Waals surface area contributed by atoms with Gasteiger partial charge >= 0.3 is 0 Å². The molecule has 84 valence electrons. The van der Waals surface area contributed by atoms with Gasteiger partial charge in [-0.1, -0.05) is 0 Å². The van der Waals surface area contributed by atoms with E-state index in [-0.39, 0.29) is 0 Å². The Bertz CT molecular complexity index is 333. The van der Waals surface area contributed by atoms with Crippen LogP contribution in [0.3, 0.4) is 0 Å². The molecule has 0 aliphatic heterocycles. The molecule has 0 aliphatic rings. The van der Waals surface area contributed by atoms with Crippen molar-refractivity contribution in [2.24, 2.45) is 0 Å². The number of hydrogen-bond donors (Lipinski definition) is 1. The molecule has 0 fully saturated rings. The zero-order chi connectivity index (χ0) is 11.1. The molecule has 1 rings (SSSR count). The average Bonchev–Trinajstić information content (AvgIpc) is 2.18. The summed E-state index contributed by atoms with van der Waals surface area (Å²) in [7, 11) is -0.797. The second-order valence-corrected chi connectivity index (χ2v) is 4.41. The summed E-state index contributed by atoms with van der Waals surface area (Å²) in [4.78, 5) is 8.13. The monoisotopic (exact) mass is 229 g/mol. The van der Waals surface area contributed by atoms with Crippen molar-refractivity contribution in [2.75, 3.05) is 30.5 Å². The molecule has 1 unspecified atom stereocenters. The zero-order valence-corrected chi connectivity index (χ0v) is 9.71. The van der Waals surface area contributed by atoms with E-state index in [2.05, 4.69) is 15.3 Å². The summed E-state index contributed by atoms with van der Waals surface area (Å²) in [5.74, 6) is 1.64. The standard InChI is InChI=1S/C9H15N3O2S/c1-3-14-8-4-5-10-9(12-8)11-6-7-15(2)13/h4-5H,3,6-7H2,1-2H3,(H,10,11,12). The van der Waals surface area contributed by atoms with Gasteiger partial charge in [-0.25, -0.2) is 4.98 Å². The molecule has 0 aromatic carbocycles. The third kappa shape index (κ3) is 4.73. The van der Waals surface area contributed by atoms with Gasteiger partial charge in [-0.05, 0) is 6.92 Å². The molecule has 1 aromatic heterocycles. The Morgan fingerprint density at radius 2 is 2.40 bits per heavy atom. The lowest BCUT2D eigenvalue weighted by atomic mass is 10.6. The highest BCUT2D eigenvalue weighted by molar-refractivity contribution is 7.84. The Kier molecular flexibility index (Phi) is 5.03. The fraction of sp³-hybridized carbons (Fsp3) is 0.556. The lowest BCUT2D eigenvalue weighted by Gasteiger charge is -2.05. The topological polar surface area (TPSA) is 64.1 Å². The first-order chi connectivity index (χ1) is 7.22. The SMILES string of the molecule is CCOc1ccnc(NCCS(C)=O)n1. The van der Waals surface area contributed by atoms with Crippen LogP contribution in [0.4, 0.5) is 5.95 Å². The zero-order valence-electron chi connectivity index (χ0n) is 8.90. The number of rotatable bonds is 6. The van der Waals surface area contributed by atoms with Crippen LogP contribution in [0.2, 0.25) is 0 Å². The lowest BCUT2D eigenvalue weighted by molar-refractivity contribution is 0.326. The van der Waals surface area contributed by atoms with E-state index in [1.807, 2.05) is 6.92 Å². The average molecular weight is 229 g/mol. The van der Waals surface area contributed by atoms with Crippen molar-refractivity contribution < 1.29 is 8.95 Å². The van der Waals surface area contributed by atoms with Crippen LogP contribution in [-0.4, -0.2) is 39.3 Å². The van der Waals surface area contributed by atoms with Gasteiger partial charge in [0.2, 0.25) is 11.8 Å². The van der Waals surface area contributed by atoms with Crippen LogP contribution in [0.15, 0.2) is 12.3 Å². The molecule has 5 nitrogen and oxygen atoms in total. The number of anilines is 1. The van der Waals surface area contributed by atoms with E-state index in [0.717, 1.165) is 0 Å². The van der Waals surface area contributed by atoms with E-state index >= 15 is 0 Å². The summed E-state index contributed by atoms with van der Waals surface area (Å²) in [6.07, 6.45) is 3.29. The number of aromatic nitrogens is 2. The number of ether oxygens (including phenoxy) is 1. The molecule has 0 bridgehead atoms. The third-order valence-electron chi connectivity index (χ3n) is 1.59. The summed E-state index contributed by atoms with van der Waals surface area (Å²) in [6, 6.07) is 1.70. The van der Waals surface area contributed by atoms with Gasteiger partial charge in [0, 0.05) is 41.6 Å². The maximum atomic E-state index is 10.8. The van der Waals surface area contributed by atoms with E-state index < -0.39 is 10.8 Å². The van der Waals surface area contributed by atoms with Crippen LogP contribution in [-0.2, 0) is 10.8 Å². The summed E-state index contributed by atoms with van der Waals surface area (Å²) >= 11 is 0. The number of nitrogens with zero attached hydrogens (tertiary/aromatic N) is 2. The van der Waals surface area contributed by atoms with E-state index in [1.54, 1.807) is 18.5 Å². The Labute approximate surface area is 91.7 Å². The minimum Gasteiger partial charge on any atom is -0.478 e. The Morgan fingerprint density at radius 1 is 1.60 bits per heavy atom. The molecule has 0 saturated heterocycles. The highest BCUT2D eigenvalue weighted by atomic mass is 32.2. The van der Waals surface area contributed by atoms with Gasteiger partial charge in [0.1, 0.15) is 0 Å². The van der Waals surface area contributed by atoms with E-state index in [9.17, 15) is 4.21 Å².